The van der Waals surface area contributed by atoms with Crippen LogP contribution in [0.5, 0.6) is 0 Å². The summed E-state index contributed by atoms with van der Waals surface area (Å²) in [7, 11) is 3.24. The number of nitrogens with zero attached hydrogens (tertiary/aromatic N) is 1. The van der Waals surface area contributed by atoms with Crippen molar-refractivity contribution in [2.24, 2.45) is 11.1 Å². The summed E-state index contributed by atoms with van der Waals surface area (Å²) in [6, 6.07) is 0. The minimum absolute atomic E-state index is 0.209. The lowest BCUT2D eigenvalue weighted by Gasteiger charge is -2.21. The van der Waals surface area contributed by atoms with E-state index in [2.05, 4.69) is 0 Å². The molecule has 2 N–H and O–H groups in total. The van der Waals surface area contributed by atoms with Crippen LogP contribution in [0.4, 0.5) is 0 Å². The molecule has 0 bridgehead atoms. The molecule has 0 saturated heterocycles. The van der Waals surface area contributed by atoms with Crippen LogP contribution in [-0.4, -0.2) is 30.8 Å². The van der Waals surface area contributed by atoms with Crippen LogP contribution in [0.1, 0.15) is 13.8 Å². The second-order valence-corrected chi connectivity index (χ2v) is 3.46. The second kappa shape index (κ2) is 3.56. The third-order valence-electron chi connectivity index (χ3n) is 1.56. The maximum absolute atomic E-state index is 11.1. The van der Waals surface area contributed by atoms with Crippen molar-refractivity contribution < 1.29 is 9.59 Å². The van der Waals surface area contributed by atoms with Gasteiger partial charge >= 0.3 is 0 Å². The highest BCUT2D eigenvalue weighted by Gasteiger charge is 2.29. The van der Waals surface area contributed by atoms with Gasteiger partial charge < -0.3 is 10.6 Å². The molecule has 0 spiro atoms. The van der Waals surface area contributed by atoms with Crippen molar-refractivity contribution in [2.75, 3.05) is 14.1 Å². The molecule has 0 aliphatic heterocycles. The SMILES string of the molecule is CN(C)C(=O)[CH]C(C)(C)C(N)=O. The lowest BCUT2D eigenvalue weighted by atomic mass is 9.88. The Bertz CT molecular complexity index is 197. The van der Waals surface area contributed by atoms with Crippen molar-refractivity contribution in [3.8, 4) is 0 Å². The van der Waals surface area contributed by atoms with Crippen LogP contribution in [0.25, 0.3) is 0 Å². The van der Waals surface area contributed by atoms with E-state index < -0.39 is 11.3 Å². The van der Waals surface area contributed by atoms with E-state index in [1.54, 1.807) is 27.9 Å². The van der Waals surface area contributed by atoms with Crippen LogP contribution in [0.2, 0.25) is 0 Å². The van der Waals surface area contributed by atoms with Crippen molar-refractivity contribution in [1.29, 1.82) is 0 Å². The molecule has 12 heavy (non-hydrogen) atoms. The predicted molar refractivity (Wildman–Crippen MR) is 46.0 cm³/mol. The van der Waals surface area contributed by atoms with E-state index >= 15 is 0 Å². The molecule has 0 atom stereocenters. The first-order valence-electron chi connectivity index (χ1n) is 3.64. The Balaban J connectivity index is 4.25. The molecule has 0 fully saturated rings. The number of hydrogen-bond donors (Lipinski definition) is 1. The van der Waals surface area contributed by atoms with Crippen molar-refractivity contribution in [3.05, 3.63) is 6.42 Å². The summed E-state index contributed by atoms with van der Waals surface area (Å²) in [6.07, 6.45) is 1.31. The highest BCUT2D eigenvalue weighted by atomic mass is 16.2. The quantitative estimate of drug-likeness (QED) is 0.638. The molecule has 0 aromatic carbocycles. The third-order valence-corrected chi connectivity index (χ3v) is 1.56. The van der Waals surface area contributed by atoms with Gasteiger partial charge in [-0.1, -0.05) is 13.8 Å². The second-order valence-electron chi connectivity index (χ2n) is 3.46. The standard InChI is InChI=1S/C8H15N2O2/c1-8(2,7(9)12)5-6(11)10(3)4/h5H,1-4H3,(H2,9,12). The molecule has 0 aromatic heterocycles. The first-order chi connectivity index (χ1) is 5.27. The van der Waals surface area contributed by atoms with Crippen molar-refractivity contribution in [1.82, 2.24) is 4.90 Å². The van der Waals surface area contributed by atoms with Crippen LogP contribution < -0.4 is 5.73 Å². The molecule has 0 heterocycles. The van der Waals surface area contributed by atoms with Crippen molar-refractivity contribution in [2.45, 2.75) is 13.8 Å². The highest BCUT2D eigenvalue weighted by Crippen LogP contribution is 2.18. The molecule has 0 rings (SSSR count). The fourth-order valence-electron chi connectivity index (χ4n) is 0.509. The van der Waals surface area contributed by atoms with E-state index in [1.165, 1.54) is 11.3 Å². The smallest absolute Gasteiger partial charge is 0.227 e. The van der Waals surface area contributed by atoms with E-state index in [0.29, 0.717) is 0 Å². The molecule has 69 valence electrons. The van der Waals surface area contributed by atoms with Gasteiger partial charge in [-0.05, 0) is 0 Å². The molecular formula is C8H15N2O2. The summed E-state index contributed by atoms with van der Waals surface area (Å²) in [5.41, 5.74) is 4.20. The average Bonchev–Trinajstić information content (AvgIpc) is 1.85. The lowest BCUT2D eigenvalue weighted by Crippen LogP contribution is -2.37. The number of primary amides is 1. The van der Waals surface area contributed by atoms with Gasteiger partial charge in [0.05, 0.1) is 11.8 Å². The number of hydrogen-bond acceptors (Lipinski definition) is 2. The molecule has 0 aliphatic rings. The van der Waals surface area contributed by atoms with Gasteiger partial charge in [0.1, 0.15) is 0 Å². The molecule has 0 unspecified atom stereocenters. The number of carbonyl (C=O) groups excluding carboxylic acids is 2. The summed E-state index contributed by atoms with van der Waals surface area (Å²) < 4.78 is 0. The first kappa shape index (κ1) is 10.9. The van der Waals surface area contributed by atoms with Crippen LogP contribution in [-0.2, 0) is 9.59 Å². The van der Waals surface area contributed by atoms with Gasteiger partial charge in [0.2, 0.25) is 11.8 Å². The monoisotopic (exact) mass is 171 g/mol. The zero-order chi connectivity index (χ0) is 9.94. The number of amides is 2. The normalized spacial score (nSPS) is 11.0. The highest BCUT2D eigenvalue weighted by molar-refractivity contribution is 5.93. The van der Waals surface area contributed by atoms with Crippen molar-refractivity contribution >= 4 is 11.8 Å². The summed E-state index contributed by atoms with van der Waals surface area (Å²) in [4.78, 5) is 23.3. The summed E-state index contributed by atoms with van der Waals surface area (Å²) in [5.74, 6) is -0.712. The van der Waals surface area contributed by atoms with Gasteiger partial charge in [0, 0.05) is 14.1 Å². The van der Waals surface area contributed by atoms with Crippen molar-refractivity contribution in [3.63, 3.8) is 0 Å². The van der Waals surface area contributed by atoms with E-state index in [4.69, 9.17) is 5.73 Å². The molecule has 2 amide bonds. The van der Waals surface area contributed by atoms with Gasteiger partial charge in [-0.15, -0.1) is 0 Å². The Labute approximate surface area is 72.7 Å². The van der Waals surface area contributed by atoms with Gasteiger partial charge in [0.15, 0.2) is 0 Å². The summed E-state index contributed by atoms with van der Waals surface area (Å²) in [6.45, 7) is 3.22. The molecule has 0 aliphatic carbocycles. The van der Waals surface area contributed by atoms with Gasteiger partial charge in [-0.2, -0.15) is 0 Å². The summed E-state index contributed by atoms with van der Waals surface area (Å²) in [5, 5.41) is 0. The number of rotatable bonds is 3. The molecule has 4 heteroatoms. The average molecular weight is 171 g/mol. The van der Waals surface area contributed by atoms with Gasteiger partial charge in [-0.25, -0.2) is 0 Å². The third kappa shape index (κ3) is 2.90. The van der Waals surface area contributed by atoms with Gasteiger partial charge in [-0.3, -0.25) is 9.59 Å². The van der Waals surface area contributed by atoms with Crippen LogP contribution in [0, 0.1) is 11.8 Å². The van der Waals surface area contributed by atoms with E-state index in [0.717, 1.165) is 0 Å². The lowest BCUT2D eigenvalue weighted by molar-refractivity contribution is -0.131. The Kier molecular flexibility index (Phi) is 3.24. The first-order valence-corrected chi connectivity index (χ1v) is 3.64. The predicted octanol–water partition coefficient (Wildman–Crippen LogP) is -0.210. The Hall–Kier alpha value is -1.06. The Morgan fingerprint density at radius 1 is 1.33 bits per heavy atom. The molecule has 0 aromatic rings. The molecule has 4 nitrogen and oxygen atoms in total. The Morgan fingerprint density at radius 3 is 2.00 bits per heavy atom. The largest absolute Gasteiger partial charge is 0.369 e. The minimum atomic E-state index is -0.874. The number of nitrogens with two attached hydrogens (primary N) is 1. The van der Waals surface area contributed by atoms with E-state index in [9.17, 15) is 9.59 Å². The van der Waals surface area contributed by atoms with E-state index in [-0.39, 0.29) is 5.91 Å². The van der Waals surface area contributed by atoms with Crippen LogP contribution in [0.3, 0.4) is 0 Å². The minimum Gasteiger partial charge on any atom is -0.369 e. The topological polar surface area (TPSA) is 63.4 Å². The molecular weight excluding hydrogens is 156 g/mol. The maximum atomic E-state index is 11.1. The Morgan fingerprint density at radius 2 is 1.75 bits per heavy atom. The van der Waals surface area contributed by atoms with Crippen LogP contribution >= 0.6 is 0 Å². The van der Waals surface area contributed by atoms with Crippen LogP contribution in [0.15, 0.2) is 0 Å². The van der Waals surface area contributed by atoms with Gasteiger partial charge in [0.25, 0.3) is 0 Å². The fraction of sp³-hybridized carbons (Fsp3) is 0.625. The maximum Gasteiger partial charge on any atom is 0.227 e. The zero-order valence-corrected chi connectivity index (χ0v) is 7.92. The fourth-order valence-corrected chi connectivity index (χ4v) is 0.509. The summed E-state index contributed by atoms with van der Waals surface area (Å²) >= 11 is 0. The number of carbonyl (C=O) groups is 2. The molecule has 1 radical (unpaired) electrons. The van der Waals surface area contributed by atoms with E-state index in [1.807, 2.05) is 0 Å². The molecule has 0 saturated carbocycles. The zero-order valence-electron chi connectivity index (χ0n) is 7.92.